The minimum atomic E-state index is -1.26. The second-order valence-corrected chi connectivity index (χ2v) is 11.5. The van der Waals surface area contributed by atoms with Crippen LogP contribution in [-0.4, -0.2) is 60.0 Å². The summed E-state index contributed by atoms with van der Waals surface area (Å²) in [5, 5.41) is 23.2. The smallest absolute Gasteiger partial charge is 0.225 e. The molecule has 1 aliphatic heterocycles. The van der Waals surface area contributed by atoms with Crippen molar-refractivity contribution < 1.29 is 24.5 Å². The van der Waals surface area contributed by atoms with Gasteiger partial charge in [0.2, 0.25) is 5.91 Å². The van der Waals surface area contributed by atoms with E-state index in [9.17, 15) is 15.0 Å². The first-order valence-electron chi connectivity index (χ1n) is 14.3. The van der Waals surface area contributed by atoms with Crippen LogP contribution in [-0.2, 0) is 21.6 Å². The molecular weight excluding hydrogens is 516 g/mol. The Kier molecular flexibility index (Phi) is 10.3. The average Bonchev–Trinajstić information content (AvgIpc) is 3.29. The van der Waals surface area contributed by atoms with E-state index in [1.807, 2.05) is 41.3 Å². The monoisotopic (exact) mass is 558 g/mol. The molecule has 5 atom stereocenters. The van der Waals surface area contributed by atoms with Crippen LogP contribution in [0.25, 0.3) is 0 Å². The second kappa shape index (κ2) is 13.5. The molecule has 0 radical (unpaired) electrons. The zero-order valence-electron chi connectivity index (χ0n) is 23.2. The Labute approximate surface area is 237 Å². The number of rotatable bonds is 11. The van der Waals surface area contributed by atoms with Crippen molar-refractivity contribution in [3.8, 4) is 11.5 Å². The van der Waals surface area contributed by atoms with Gasteiger partial charge in [-0.2, -0.15) is 0 Å². The maximum atomic E-state index is 13.4. The Hall–Kier alpha value is -2.16. The van der Waals surface area contributed by atoms with Crippen LogP contribution in [0.3, 0.4) is 0 Å². The molecule has 4 N–H and O–H groups in total. The summed E-state index contributed by atoms with van der Waals surface area (Å²) in [5.41, 5.74) is 6.44. The molecule has 1 heterocycles. The fourth-order valence-corrected chi connectivity index (χ4v) is 6.45. The van der Waals surface area contributed by atoms with Gasteiger partial charge < -0.3 is 30.3 Å². The summed E-state index contributed by atoms with van der Waals surface area (Å²) < 4.78 is 11.7. The van der Waals surface area contributed by atoms with E-state index in [-0.39, 0.29) is 23.8 Å². The molecule has 1 aliphatic carbocycles. The van der Waals surface area contributed by atoms with Crippen LogP contribution in [0.1, 0.15) is 63.0 Å². The van der Waals surface area contributed by atoms with Gasteiger partial charge in [-0.05, 0) is 69.1 Å². The number of aliphatic hydroxyl groups is 2. The van der Waals surface area contributed by atoms with E-state index >= 15 is 0 Å². The van der Waals surface area contributed by atoms with Crippen LogP contribution in [0.15, 0.2) is 42.5 Å². The number of aryl methyl sites for hydroxylation is 1. The molecule has 214 valence electrons. The van der Waals surface area contributed by atoms with Crippen molar-refractivity contribution >= 4 is 17.5 Å². The number of unbranched alkanes of at least 4 members (excludes halogenated alkanes) is 1. The van der Waals surface area contributed by atoms with Gasteiger partial charge in [0, 0.05) is 50.2 Å². The van der Waals surface area contributed by atoms with Gasteiger partial charge in [-0.15, -0.1) is 0 Å². The van der Waals surface area contributed by atoms with Crippen molar-refractivity contribution in [3.63, 3.8) is 0 Å². The van der Waals surface area contributed by atoms with Gasteiger partial charge in [0.1, 0.15) is 5.75 Å². The number of nitrogens with zero attached hydrogens (tertiary/aromatic N) is 1. The number of aliphatic hydroxyl groups excluding tert-OH is 1. The van der Waals surface area contributed by atoms with Crippen molar-refractivity contribution in [2.75, 3.05) is 26.8 Å². The van der Waals surface area contributed by atoms with Gasteiger partial charge in [0.05, 0.1) is 16.7 Å². The third-order valence-electron chi connectivity index (χ3n) is 8.49. The molecule has 0 aromatic heterocycles. The maximum absolute atomic E-state index is 13.4. The summed E-state index contributed by atoms with van der Waals surface area (Å²) in [6.45, 7) is 3.75. The Morgan fingerprint density at radius 3 is 2.69 bits per heavy atom. The predicted octanol–water partition coefficient (Wildman–Crippen LogP) is 5.04. The van der Waals surface area contributed by atoms with Crippen LogP contribution >= 0.6 is 11.6 Å². The molecule has 7 nitrogen and oxygen atoms in total. The number of carbonyl (C=O) groups is 1. The normalized spacial score (nSPS) is 24.9. The lowest BCUT2D eigenvalue weighted by Crippen LogP contribution is -2.49. The van der Waals surface area contributed by atoms with Crippen LogP contribution in [0.5, 0.6) is 11.5 Å². The predicted molar refractivity (Wildman–Crippen MR) is 153 cm³/mol. The molecule has 2 aliphatic rings. The lowest BCUT2D eigenvalue weighted by atomic mass is 9.73. The first-order valence-corrected chi connectivity index (χ1v) is 14.6. The summed E-state index contributed by atoms with van der Waals surface area (Å²) in [7, 11) is 1.68. The van der Waals surface area contributed by atoms with Gasteiger partial charge in [0.25, 0.3) is 0 Å². The number of methoxy groups -OCH3 is 1. The first kappa shape index (κ1) is 29.8. The van der Waals surface area contributed by atoms with Crippen LogP contribution in [0.2, 0.25) is 5.02 Å². The summed E-state index contributed by atoms with van der Waals surface area (Å²) in [6, 6.07) is 13.0. The highest BCUT2D eigenvalue weighted by Crippen LogP contribution is 2.47. The Morgan fingerprint density at radius 2 is 1.97 bits per heavy atom. The van der Waals surface area contributed by atoms with Crippen molar-refractivity contribution in [3.05, 3.63) is 58.6 Å². The minimum absolute atomic E-state index is 0.0212. The number of halogens is 1. The van der Waals surface area contributed by atoms with E-state index in [4.69, 9.17) is 26.8 Å². The Balaban J connectivity index is 1.66. The van der Waals surface area contributed by atoms with Crippen molar-refractivity contribution in [1.82, 2.24) is 4.90 Å². The molecule has 2 aromatic carbocycles. The first-order chi connectivity index (χ1) is 18.8. The third kappa shape index (κ3) is 6.77. The van der Waals surface area contributed by atoms with Gasteiger partial charge in [-0.3, -0.25) is 4.79 Å². The van der Waals surface area contributed by atoms with E-state index in [0.717, 1.165) is 37.7 Å². The van der Waals surface area contributed by atoms with E-state index < -0.39 is 11.7 Å². The number of amides is 1. The van der Waals surface area contributed by atoms with Crippen molar-refractivity contribution in [2.45, 2.75) is 76.0 Å². The summed E-state index contributed by atoms with van der Waals surface area (Å²) >= 11 is 6.74. The number of piperidine rings is 1. The minimum Gasteiger partial charge on any atom is -0.455 e. The largest absolute Gasteiger partial charge is 0.455 e. The van der Waals surface area contributed by atoms with Gasteiger partial charge in [-0.1, -0.05) is 48.9 Å². The number of hydrogen-bond donors (Lipinski definition) is 3. The standard InChI is InChI=1S/C31H43ClN2O5/c1-3-21-10-4-5-14-28(21)39-29-24(12-8-13-25(29)32)31(37,15-6-7-17-38-2)23-11-9-16-34(20-23)30(36)22-18-26(33)27(35)19-22/h4-5,8,10,12-14,22-23,26-27,35,37H,3,6-7,9,11,15-20,33H2,1-2H3/t22-,23+,26+,27-,31?/m0/s1. The number of benzene rings is 2. The second-order valence-electron chi connectivity index (χ2n) is 11.1. The molecule has 0 bridgehead atoms. The third-order valence-corrected chi connectivity index (χ3v) is 8.79. The van der Waals surface area contributed by atoms with Crippen molar-refractivity contribution in [2.24, 2.45) is 17.6 Å². The molecule has 2 aromatic rings. The van der Waals surface area contributed by atoms with Gasteiger partial charge >= 0.3 is 0 Å². The molecule has 2 fully saturated rings. The molecule has 0 spiro atoms. The molecule has 1 amide bonds. The topological polar surface area (TPSA) is 105 Å². The highest BCUT2D eigenvalue weighted by Gasteiger charge is 2.45. The van der Waals surface area contributed by atoms with Crippen LogP contribution < -0.4 is 10.5 Å². The number of likely N-dealkylation sites (tertiary alicyclic amines) is 1. The van der Waals surface area contributed by atoms with Crippen LogP contribution in [0, 0.1) is 11.8 Å². The lowest BCUT2D eigenvalue weighted by Gasteiger charge is -2.44. The van der Waals surface area contributed by atoms with E-state index in [0.29, 0.717) is 61.0 Å². The SMILES string of the molecule is CCc1ccccc1Oc1c(Cl)cccc1C(O)(CCCCOC)[C@@H]1CCCN(C(=O)[C@H]2C[C@@H](N)[C@@H](O)C2)C1. The zero-order chi connectivity index (χ0) is 28.0. The summed E-state index contributed by atoms with van der Waals surface area (Å²) in [4.78, 5) is 15.3. The molecule has 4 rings (SSSR count). The molecule has 1 unspecified atom stereocenters. The van der Waals surface area contributed by atoms with Gasteiger partial charge in [-0.25, -0.2) is 0 Å². The van der Waals surface area contributed by atoms with Gasteiger partial charge in [0.15, 0.2) is 5.75 Å². The average molecular weight is 559 g/mol. The molecule has 1 saturated heterocycles. The number of carbonyl (C=O) groups excluding carboxylic acids is 1. The molecule has 39 heavy (non-hydrogen) atoms. The quantitative estimate of drug-likeness (QED) is 0.334. The van der Waals surface area contributed by atoms with E-state index in [1.165, 1.54) is 0 Å². The molecular formula is C31H43ClN2O5. The highest BCUT2D eigenvalue weighted by atomic mass is 35.5. The van der Waals surface area contributed by atoms with Crippen molar-refractivity contribution in [1.29, 1.82) is 0 Å². The fraction of sp³-hybridized carbons (Fsp3) is 0.581. The summed E-state index contributed by atoms with van der Waals surface area (Å²) in [6.07, 6.45) is 4.64. The lowest BCUT2D eigenvalue weighted by molar-refractivity contribution is -0.141. The van der Waals surface area contributed by atoms with E-state index in [2.05, 4.69) is 6.92 Å². The van der Waals surface area contributed by atoms with E-state index in [1.54, 1.807) is 13.2 Å². The Morgan fingerprint density at radius 1 is 1.18 bits per heavy atom. The fourth-order valence-electron chi connectivity index (χ4n) is 6.23. The maximum Gasteiger partial charge on any atom is 0.225 e. The number of hydrogen-bond acceptors (Lipinski definition) is 6. The van der Waals surface area contributed by atoms with Crippen LogP contribution in [0.4, 0.5) is 0 Å². The molecule has 8 heteroatoms. The zero-order valence-corrected chi connectivity index (χ0v) is 23.9. The number of ether oxygens (including phenoxy) is 2. The number of nitrogens with two attached hydrogens (primary N) is 1. The summed E-state index contributed by atoms with van der Waals surface area (Å²) in [5.74, 6) is 0.710. The molecule has 1 saturated carbocycles. The number of para-hydroxylation sites is 2. The Bertz CT molecular complexity index is 1100. The highest BCUT2D eigenvalue weighted by molar-refractivity contribution is 6.32.